The third kappa shape index (κ3) is 4.49. The summed E-state index contributed by atoms with van der Waals surface area (Å²) in [5, 5.41) is 18.1. The molecule has 0 aromatic heterocycles. The van der Waals surface area contributed by atoms with Crippen molar-refractivity contribution in [2.45, 2.75) is 33.8 Å². The minimum Gasteiger partial charge on any atom is -0.461 e. The van der Waals surface area contributed by atoms with Crippen molar-refractivity contribution in [2.24, 2.45) is 17.3 Å². The van der Waals surface area contributed by atoms with Gasteiger partial charge in [-0.15, -0.1) is 0 Å². The molecule has 0 rings (SSSR count). The summed E-state index contributed by atoms with van der Waals surface area (Å²) in [6.07, 6.45) is -0.554. The average molecular weight is 231 g/mol. The number of carbonyl (C=O) groups is 1. The van der Waals surface area contributed by atoms with Gasteiger partial charge in [-0.1, -0.05) is 6.92 Å². The smallest absolute Gasteiger partial charge is 0.311 e. The molecule has 0 unspecified atom stereocenters. The van der Waals surface area contributed by atoms with Gasteiger partial charge in [0.25, 0.3) is 0 Å². The molecule has 16 heavy (non-hydrogen) atoms. The van der Waals surface area contributed by atoms with Gasteiger partial charge in [0.2, 0.25) is 0 Å². The van der Waals surface area contributed by atoms with Crippen molar-refractivity contribution >= 4 is 5.97 Å². The molecule has 95 valence electrons. The number of aliphatic hydroxyl groups excluding tert-OH is 2. The monoisotopic (exact) mass is 231 g/mol. The van der Waals surface area contributed by atoms with Crippen molar-refractivity contribution in [1.82, 2.24) is 0 Å². The normalized spacial score (nSPS) is 17.7. The molecule has 0 aromatic carbocycles. The Bertz CT molecular complexity index is 210. The highest BCUT2D eigenvalue weighted by molar-refractivity contribution is 5.75. The van der Waals surface area contributed by atoms with E-state index in [-0.39, 0.29) is 25.1 Å². The lowest BCUT2D eigenvalue weighted by Crippen LogP contribution is -2.38. The van der Waals surface area contributed by atoms with Gasteiger partial charge in [0.15, 0.2) is 0 Å². The highest BCUT2D eigenvalue weighted by atomic mass is 16.5. The number of hydrogen-bond acceptors (Lipinski definition) is 4. The fraction of sp³-hybridized carbons (Fsp3) is 0.833. The summed E-state index contributed by atoms with van der Waals surface area (Å²) >= 11 is 0. The third-order valence-corrected chi connectivity index (χ3v) is 2.40. The number of ether oxygens (including phenoxy) is 1. The molecule has 0 fully saturated rings. The van der Waals surface area contributed by atoms with Gasteiger partial charge in [0.1, 0.15) is 6.10 Å². The Labute approximate surface area is 97.6 Å². The molecule has 2 N–H and O–H groups in total. The molecular formula is C12H23O4. The zero-order valence-electron chi connectivity index (χ0n) is 10.6. The molecule has 0 heterocycles. The highest BCUT2D eigenvalue weighted by Crippen LogP contribution is 2.22. The van der Waals surface area contributed by atoms with Crippen LogP contribution in [0.1, 0.15) is 27.7 Å². The van der Waals surface area contributed by atoms with Crippen LogP contribution in [0.3, 0.4) is 0 Å². The molecule has 0 aromatic rings. The minimum atomic E-state index is -0.595. The van der Waals surface area contributed by atoms with Gasteiger partial charge in [0, 0.05) is 25.0 Å². The molecule has 0 spiro atoms. The molecule has 0 bridgehead atoms. The van der Waals surface area contributed by atoms with Gasteiger partial charge in [-0.3, -0.25) is 4.79 Å². The third-order valence-electron chi connectivity index (χ3n) is 2.40. The summed E-state index contributed by atoms with van der Waals surface area (Å²) in [5.41, 5.74) is -0.595. The molecule has 0 saturated heterocycles. The van der Waals surface area contributed by atoms with E-state index >= 15 is 0 Å². The molecule has 0 amide bonds. The Hall–Kier alpha value is -0.610. The van der Waals surface area contributed by atoms with Crippen LogP contribution in [0.15, 0.2) is 0 Å². The van der Waals surface area contributed by atoms with Crippen molar-refractivity contribution in [3.05, 3.63) is 6.92 Å². The van der Waals surface area contributed by atoms with Crippen LogP contribution in [-0.2, 0) is 9.53 Å². The van der Waals surface area contributed by atoms with Gasteiger partial charge < -0.3 is 14.9 Å². The zero-order chi connectivity index (χ0) is 12.9. The Kier molecular flexibility index (Phi) is 5.97. The van der Waals surface area contributed by atoms with Crippen LogP contribution >= 0.6 is 0 Å². The molecule has 0 aliphatic carbocycles. The number of esters is 1. The average Bonchev–Trinajstić information content (AvgIpc) is 2.21. The van der Waals surface area contributed by atoms with E-state index in [1.54, 1.807) is 27.7 Å². The quantitative estimate of drug-likeness (QED) is 0.693. The second-order valence-electron chi connectivity index (χ2n) is 5.22. The maximum absolute atomic E-state index is 11.7. The molecule has 0 saturated carbocycles. The molecule has 4 heteroatoms. The Balaban J connectivity index is 4.62. The van der Waals surface area contributed by atoms with Gasteiger partial charge >= 0.3 is 5.97 Å². The summed E-state index contributed by atoms with van der Waals surface area (Å²) < 4.78 is 5.30. The SMILES string of the molecule is [CH2][C@@H](CO)[C@H](OC(=O)C(C)(C)C)[C@H](C)CO. The Morgan fingerprint density at radius 3 is 2.12 bits per heavy atom. The second kappa shape index (κ2) is 6.21. The van der Waals surface area contributed by atoms with Crippen LogP contribution in [0.5, 0.6) is 0 Å². The Morgan fingerprint density at radius 1 is 1.31 bits per heavy atom. The maximum atomic E-state index is 11.7. The molecule has 3 atom stereocenters. The minimum absolute atomic E-state index is 0.103. The van der Waals surface area contributed by atoms with Crippen LogP contribution in [-0.4, -0.2) is 35.5 Å². The second-order valence-corrected chi connectivity index (χ2v) is 5.22. The number of hydrogen-bond donors (Lipinski definition) is 2. The van der Waals surface area contributed by atoms with Crippen LogP contribution in [0, 0.1) is 24.2 Å². The predicted octanol–water partition coefficient (Wildman–Crippen LogP) is 1.02. The van der Waals surface area contributed by atoms with Crippen molar-refractivity contribution in [2.75, 3.05) is 13.2 Å². The number of aliphatic hydroxyl groups is 2. The van der Waals surface area contributed by atoms with E-state index in [0.717, 1.165) is 0 Å². The zero-order valence-corrected chi connectivity index (χ0v) is 10.6. The fourth-order valence-corrected chi connectivity index (χ4v) is 1.19. The van der Waals surface area contributed by atoms with E-state index in [4.69, 9.17) is 14.9 Å². The predicted molar refractivity (Wildman–Crippen MR) is 61.5 cm³/mol. The van der Waals surface area contributed by atoms with Crippen molar-refractivity contribution in [3.8, 4) is 0 Å². The lowest BCUT2D eigenvalue weighted by Gasteiger charge is -2.30. The summed E-state index contributed by atoms with van der Waals surface area (Å²) in [5.74, 6) is -1.01. The van der Waals surface area contributed by atoms with E-state index in [2.05, 4.69) is 6.92 Å². The first-order valence-corrected chi connectivity index (χ1v) is 5.50. The van der Waals surface area contributed by atoms with Crippen molar-refractivity contribution in [1.29, 1.82) is 0 Å². The van der Waals surface area contributed by atoms with Gasteiger partial charge in [-0.05, 0) is 27.7 Å². The molecule has 0 aliphatic heterocycles. The standard InChI is InChI=1S/C12H23O4/c1-8(6-13)10(9(2)7-14)16-11(15)12(3,4)5/h8-10,13-14H,1,6-7H2,2-5H3/t8-,9+,10-/m0/s1. The fourth-order valence-electron chi connectivity index (χ4n) is 1.19. The van der Waals surface area contributed by atoms with Crippen molar-refractivity contribution in [3.63, 3.8) is 0 Å². The van der Waals surface area contributed by atoms with E-state index in [1.165, 1.54) is 0 Å². The van der Waals surface area contributed by atoms with Gasteiger partial charge in [-0.25, -0.2) is 0 Å². The molecule has 4 nitrogen and oxygen atoms in total. The first-order chi connectivity index (χ1) is 7.23. The van der Waals surface area contributed by atoms with Gasteiger partial charge in [-0.2, -0.15) is 0 Å². The number of rotatable bonds is 5. The lowest BCUT2D eigenvalue weighted by molar-refractivity contribution is -0.165. The summed E-state index contributed by atoms with van der Waals surface area (Å²) in [4.78, 5) is 11.7. The number of carbonyl (C=O) groups excluding carboxylic acids is 1. The van der Waals surface area contributed by atoms with E-state index < -0.39 is 17.4 Å². The molecular weight excluding hydrogens is 208 g/mol. The summed E-state index contributed by atoms with van der Waals surface area (Å²) in [6.45, 7) is 10.5. The lowest BCUT2D eigenvalue weighted by atomic mass is 9.92. The Morgan fingerprint density at radius 2 is 1.81 bits per heavy atom. The van der Waals surface area contributed by atoms with Crippen LogP contribution < -0.4 is 0 Å². The summed E-state index contributed by atoms with van der Waals surface area (Å²) in [7, 11) is 0. The van der Waals surface area contributed by atoms with Crippen molar-refractivity contribution < 1.29 is 19.7 Å². The van der Waals surface area contributed by atoms with Gasteiger partial charge in [0.05, 0.1) is 5.41 Å². The first-order valence-electron chi connectivity index (χ1n) is 5.50. The first kappa shape index (κ1) is 15.4. The highest BCUT2D eigenvalue weighted by Gasteiger charge is 2.31. The summed E-state index contributed by atoms with van der Waals surface area (Å²) in [6, 6.07) is 0. The largest absolute Gasteiger partial charge is 0.461 e. The molecule has 0 aliphatic rings. The maximum Gasteiger partial charge on any atom is 0.311 e. The molecule has 1 radical (unpaired) electrons. The van der Waals surface area contributed by atoms with E-state index in [1.807, 2.05) is 0 Å². The van der Waals surface area contributed by atoms with Crippen LogP contribution in [0.2, 0.25) is 0 Å². The van der Waals surface area contributed by atoms with Crippen LogP contribution in [0.25, 0.3) is 0 Å². The van der Waals surface area contributed by atoms with Crippen LogP contribution in [0.4, 0.5) is 0 Å². The van der Waals surface area contributed by atoms with E-state index in [9.17, 15) is 4.79 Å². The topological polar surface area (TPSA) is 66.8 Å². The van der Waals surface area contributed by atoms with E-state index in [0.29, 0.717) is 0 Å².